The fourth-order valence-corrected chi connectivity index (χ4v) is 4.33. The predicted octanol–water partition coefficient (Wildman–Crippen LogP) is 1.73. The molecule has 1 aliphatic rings. The van der Waals surface area contributed by atoms with E-state index in [1.807, 2.05) is 6.92 Å². The van der Waals surface area contributed by atoms with Gasteiger partial charge in [-0.3, -0.25) is 4.79 Å². The van der Waals surface area contributed by atoms with Gasteiger partial charge in [-0.05, 0) is 54.7 Å². The monoisotopic (exact) mass is 440 g/mol. The summed E-state index contributed by atoms with van der Waals surface area (Å²) in [6, 6.07) is 6.54. The van der Waals surface area contributed by atoms with E-state index in [4.69, 9.17) is 11.6 Å². The smallest absolute Gasteiger partial charge is 0.246 e. The first-order valence-electron chi connectivity index (χ1n) is 9.56. The number of benzene rings is 1. The summed E-state index contributed by atoms with van der Waals surface area (Å²) in [5.41, 5.74) is 0.772. The molecule has 0 spiro atoms. The normalized spacial score (nSPS) is 17.2. The van der Waals surface area contributed by atoms with Gasteiger partial charge < -0.3 is 5.32 Å². The first kappa shape index (κ1) is 21.7. The van der Waals surface area contributed by atoms with Gasteiger partial charge in [-0.15, -0.1) is 10.2 Å². The third kappa shape index (κ3) is 5.52. The molecule has 0 radical (unpaired) electrons. The maximum atomic E-state index is 12.7. The molecule has 11 heteroatoms. The lowest BCUT2D eigenvalue weighted by Gasteiger charge is -2.30. The highest BCUT2D eigenvalue weighted by Gasteiger charge is 2.27. The van der Waals surface area contributed by atoms with Crippen molar-refractivity contribution in [1.29, 1.82) is 0 Å². The number of hydrogen-bond acceptors (Lipinski definition) is 6. The van der Waals surface area contributed by atoms with Gasteiger partial charge in [0.15, 0.2) is 6.04 Å². The van der Waals surface area contributed by atoms with Crippen molar-refractivity contribution in [3.63, 3.8) is 0 Å². The standard InChI is InChI=1S/C18H25ClN6O3S/c1-3-16(25-22-17(21-23-25)14-4-6-15(19)7-5-14)18(26)20-12-13-8-10-24(11-9-13)29(2,27)28/h4-7,13,16H,3,8-12H2,1-2H3,(H,20,26). The average molecular weight is 441 g/mol. The summed E-state index contributed by atoms with van der Waals surface area (Å²) >= 11 is 5.90. The van der Waals surface area contributed by atoms with Crippen molar-refractivity contribution < 1.29 is 13.2 Å². The molecule has 1 N–H and O–H groups in total. The van der Waals surface area contributed by atoms with Crippen LogP contribution in [0, 0.1) is 5.92 Å². The molecule has 2 heterocycles. The highest BCUT2D eigenvalue weighted by atomic mass is 35.5. The van der Waals surface area contributed by atoms with Crippen LogP contribution >= 0.6 is 11.6 Å². The van der Waals surface area contributed by atoms with Crippen LogP contribution in [-0.4, -0.2) is 64.7 Å². The quantitative estimate of drug-likeness (QED) is 0.702. The number of rotatable bonds is 7. The maximum absolute atomic E-state index is 12.7. The third-order valence-electron chi connectivity index (χ3n) is 5.11. The Morgan fingerprint density at radius 1 is 1.28 bits per heavy atom. The van der Waals surface area contributed by atoms with Crippen LogP contribution in [0.2, 0.25) is 5.02 Å². The topological polar surface area (TPSA) is 110 Å². The van der Waals surface area contributed by atoms with E-state index in [1.54, 1.807) is 24.3 Å². The molecule has 1 saturated heterocycles. The molecule has 1 aliphatic heterocycles. The summed E-state index contributed by atoms with van der Waals surface area (Å²) in [5.74, 6) is 0.516. The van der Waals surface area contributed by atoms with Gasteiger partial charge in [0, 0.05) is 30.2 Å². The van der Waals surface area contributed by atoms with Crippen LogP contribution in [-0.2, 0) is 14.8 Å². The van der Waals surface area contributed by atoms with E-state index in [0.717, 1.165) is 18.4 Å². The van der Waals surface area contributed by atoms with Crippen LogP contribution < -0.4 is 5.32 Å². The van der Waals surface area contributed by atoms with Gasteiger partial charge in [0.1, 0.15) is 0 Å². The summed E-state index contributed by atoms with van der Waals surface area (Å²) in [4.78, 5) is 14.0. The lowest BCUT2D eigenvalue weighted by molar-refractivity contribution is -0.125. The molecule has 1 unspecified atom stereocenters. The average Bonchev–Trinajstić information content (AvgIpc) is 3.17. The Kier molecular flexibility index (Phi) is 6.86. The highest BCUT2D eigenvalue weighted by Crippen LogP contribution is 2.20. The highest BCUT2D eigenvalue weighted by molar-refractivity contribution is 7.88. The predicted molar refractivity (Wildman–Crippen MR) is 110 cm³/mol. The number of carbonyl (C=O) groups excluding carboxylic acids is 1. The molecule has 1 atom stereocenters. The number of hydrogen-bond donors (Lipinski definition) is 1. The van der Waals surface area contributed by atoms with Crippen LogP contribution in [0.3, 0.4) is 0 Å². The third-order valence-corrected chi connectivity index (χ3v) is 6.66. The Morgan fingerprint density at radius 2 is 1.93 bits per heavy atom. The van der Waals surface area contributed by atoms with Crippen LogP contribution in [0.25, 0.3) is 11.4 Å². The first-order chi connectivity index (χ1) is 13.8. The molecule has 0 aliphatic carbocycles. The van der Waals surface area contributed by atoms with E-state index in [9.17, 15) is 13.2 Å². The van der Waals surface area contributed by atoms with E-state index in [1.165, 1.54) is 15.4 Å². The first-order valence-corrected chi connectivity index (χ1v) is 11.8. The fourth-order valence-electron chi connectivity index (χ4n) is 3.33. The fraction of sp³-hybridized carbons (Fsp3) is 0.556. The number of sulfonamides is 1. The Bertz CT molecular complexity index is 939. The largest absolute Gasteiger partial charge is 0.354 e. The minimum absolute atomic E-state index is 0.168. The SMILES string of the molecule is CCC(C(=O)NCC1CCN(S(C)(=O)=O)CC1)n1nnc(-c2ccc(Cl)cc2)n1. The summed E-state index contributed by atoms with van der Waals surface area (Å²) < 4.78 is 24.7. The molecular weight excluding hydrogens is 416 g/mol. The van der Waals surface area contributed by atoms with Crippen LogP contribution in [0.4, 0.5) is 0 Å². The molecule has 2 aromatic rings. The number of halogens is 1. The van der Waals surface area contributed by atoms with Crippen LogP contribution in [0.15, 0.2) is 24.3 Å². The zero-order valence-corrected chi connectivity index (χ0v) is 18.0. The van der Waals surface area contributed by atoms with Crippen molar-refractivity contribution in [1.82, 2.24) is 29.8 Å². The minimum atomic E-state index is -3.15. The van der Waals surface area contributed by atoms with Crippen molar-refractivity contribution >= 4 is 27.5 Å². The van der Waals surface area contributed by atoms with E-state index < -0.39 is 16.1 Å². The van der Waals surface area contributed by atoms with Crippen molar-refractivity contribution in [2.45, 2.75) is 32.2 Å². The van der Waals surface area contributed by atoms with E-state index in [-0.39, 0.29) is 11.8 Å². The van der Waals surface area contributed by atoms with Crippen LogP contribution in [0.1, 0.15) is 32.2 Å². The molecule has 29 heavy (non-hydrogen) atoms. The second-order valence-corrected chi connectivity index (χ2v) is 9.63. The number of nitrogens with zero attached hydrogens (tertiary/aromatic N) is 5. The Hall–Kier alpha value is -2.04. The molecule has 0 saturated carbocycles. The van der Waals surface area contributed by atoms with Gasteiger partial charge >= 0.3 is 0 Å². The molecule has 1 amide bonds. The second kappa shape index (κ2) is 9.19. The lowest BCUT2D eigenvalue weighted by Crippen LogP contribution is -2.42. The van der Waals surface area contributed by atoms with Gasteiger partial charge in [0.05, 0.1) is 6.26 Å². The summed E-state index contributed by atoms with van der Waals surface area (Å²) in [7, 11) is -3.15. The molecule has 9 nitrogen and oxygen atoms in total. The van der Waals surface area contributed by atoms with Gasteiger partial charge in [0.2, 0.25) is 21.8 Å². The molecule has 3 rings (SSSR count). The molecule has 0 bridgehead atoms. The number of tetrazole rings is 1. The van der Waals surface area contributed by atoms with Gasteiger partial charge in [-0.1, -0.05) is 18.5 Å². The number of amides is 1. The van der Waals surface area contributed by atoms with Crippen molar-refractivity contribution in [3.05, 3.63) is 29.3 Å². The summed E-state index contributed by atoms with van der Waals surface area (Å²) in [5, 5.41) is 16.0. The molecular formula is C18H25ClN6O3S. The maximum Gasteiger partial charge on any atom is 0.246 e. The van der Waals surface area contributed by atoms with Gasteiger partial charge in [0.25, 0.3) is 0 Å². The molecule has 1 aromatic heterocycles. The van der Waals surface area contributed by atoms with E-state index in [0.29, 0.717) is 36.9 Å². The van der Waals surface area contributed by atoms with Gasteiger partial charge in [-0.25, -0.2) is 12.7 Å². The van der Waals surface area contributed by atoms with E-state index >= 15 is 0 Å². The van der Waals surface area contributed by atoms with Crippen LogP contribution in [0.5, 0.6) is 0 Å². The van der Waals surface area contributed by atoms with E-state index in [2.05, 4.69) is 20.7 Å². The zero-order chi connectivity index (χ0) is 21.0. The Morgan fingerprint density at radius 3 is 2.52 bits per heavy atom. The second-order valence-electron chi connectivity index (χ2n) is 7.21. The summed E-state index contributed by atoms with van der Waals surface area (Å²) in [6.45, 7) is 3.38. The minimum Gasteiger partial charge on any atom is -0.354 e. The molecule has 1 fully saturated rings. The molecule has 1 aromatic carbocycles. The number of aromatic nitrogens is 4. The zero-order valence-electron chi connectivity index (χ0n) is 16.5. The molecule has 158 valence electrons. The Labute approximate surface area is 175 Å². The number of piperidine rings is 1. The number of carbonyl (C=O) groups is 1. The summed E-state index contributed by atoms with van der Waals surface area (Å²) in [6.07, 6.45) is 3.21. The number of nitrogens with one attached hydrogen (secondary N) is 1. The Balaban J connectivity index is 1.56. The van der Waals surface area contributed by atoms with Gasteiger partial charge in [-0.2, -0.15) is 4.80 Å². The lowest BCUT2D eigenvalue weighted by atomic mass is 9.98. The van der Waals surface area contributed by atoms with Crippen molar-refractivity contribution in [2.75, 3.05) is 25.9 Å². The van der Waals surface area contributed by atoms with Crippen molar-refractivity contribution in [2.24, 2.45) is 5.92 Å². The van der Waals surface area contributed by atoms with Crippen molar-refractivity contribution in [3.8, 4) is 11.4 Å².